The van der Waals surface area contributed by atoms with Crippen LogP contribution in [0, 0.1) is 0 Å². The average molecular weight is 392 g/mol. The number of hydrogen-bond donors (Lipinski definition) is 1. The molecular weight excluding hydrogens is 368 g/mol. The molecule has 0 saturated carbocycles. The van der Waals surface area contributed by atoms with E-state index < -0.39 is 0 Å². The Morgan fingerprint density at radius 1 is 1.07 bits per heavy atom. The molecule has 0 aliphatic carbocycles. The molecule has 2 heterocycles. The van der Waals surface area contributed by atoms with Crippen LogP contribution in [-0.4, -0.2) is 48.4 Å². The molecule has 7 nitrogen and oxygen atoms in total. The summed E-state index contributed by atoms with van der Waals surface area (Å²) in [5, 5.41) is 6.80. The minimum atomic E-state index is -0.0567. The fourth-order valence-corrected chi connectivity index (χ4v) is 3.71. The molecule has 4 rings (SSSR count). The lowest BCUT2D eigenvalue weighted by Crippen LogP contribution is -2.33. The van der Waals surface area contributed by atoms with E-state index in [0.29, 0.717) is 18.8 Å². The van der Waals surface area contributed by atoms with Crippen molar-refractivity contribution in [1.82, 2.24) is 15.1 Å². The number of carbonyl (C=O) groups excluding carboxylic acids is 1. The van der Waals surface area contributed by atoms with Gasteiger partial charge in [-0.05, 0) is 42.3 Å². The van der Waals surface area contributed by atoms with Crippen molar-refractivity contribution in [2.75, 3.05) is 32.2 Å². The molecule has 0 unspecified atom stereocenters. The van der Waals surface area contributed by atoms with E-state index in [-0.39, 0.29) is 12.1 Å². The van der Waals surface area contributed by atoms with Gasteiger partial charge in [-0.1, -0.05) is 18.2 Å². The van der Waals surface area contributed by atoms with Crippen molar-refractivity contribution >= 4 is 11.7 Å². The Morgan fingerprint density at radius 3 is 2.66 bits per heavy atom. The van der Waals surface area contributed by atoms with E-state index in [1.54, 1.807) is 25.3 Å². The average Bonchev–Trinajstić information content (AvgIpc) is 3.43. The Kier molecular flexibility index (Phi) is 5.12. The first-order valence-electron chi connectivity index (χ1n) is 9.51. The molecule has 1 aliphatic rings. The van der Waals surface area contributed by atoms with Crippen LogP contribution in [0.1, 0.15) is 18.5 Å². The van der Waals surface area contributed by atoms with Gasteiger partial charge in [0.15, 0.2) is 0 Å². The van der Waals surface area contributed by atoms with E-state index in [2.05, 4.69) is 10.2 Å². The second kappa shape index (κ2) is 7.87. The van der Waals surface area contributed by atoms with Gasteiger partial charge < -0.3 is 14.4 Å². The van der Waals surface area contributed by atoms with Gasteiger partial charge in [-0.25, -0.2) is 4.79 Å². The zero-order chi connectivity index (χ0) is 20.4. The first-order valence-corrected chi connectivity index (χ1v) is 9.51. The number of hydrogen-bond acceptors (Lipinski definition) is 4. The fraction of sp³-hybridized carbons (Fsp3) is 0.273. The summed E-state index contributed by atoms with van der Waals surface area (Å²) < 4.78 is 10.9. The van der Waals surface area contributed by atoms with Gasteiger partial charge in [0.05, 0.1) is 32.1 Å². The molecule has 0 radical (unpaired) electrons. The molecule has 1 N–H and O–H groups in total. The van der Waals surface area contributed by atoms with Crippen molar-refractivity contribution in [2.24, 2.45) is 0 Å². The highest BCUT2D eigenvalue weighted by Crippen LogP contribution is 2.36. The zero-order valence-corrected chi connectivity index (χ0v) is 16.8. The summed E-state index contributed by atoms with van der Waals surface area (Å²) in [6.45, 7) is 3.29. The summed E-state index contributed by atoms with van der Waals surface area (Å²) in [5.41, 5.74) is 3.76. The first-order chi connectivity index (χ1) is 14.1. The molecule has 1 saturated heterocycles. The summed E-state index contributed by atoms with van der Waals surface area (Å²) in [7, 11) is 3.27. The number of aromatic amines is 1. The van der Waals surface area contributed by atoms with Crippen LogP contribution in [0.2, 0.25) is 0 Å². The molecule has 150 valence electrons. The zero-order valence-electron chi connectivity index (χ0n) is 16.8. The summed E-state index contributed by atoms with van der Waals surface area (Å²) in [4.78, 5) is 16.9. The third kappa shape index (κ3) is 3.51. The Labute approximate surface area is 169 Å². The van der Waals surface area contributed by atoms with E-state index in [9.17, 15) is 4.79 Å². The number of H-pyrrole nitrogens is 1. The summed E-state index contributed by atoms with van der Waals surface area (Å²) in [6.07, 6.45) is 3.58. The van der Waals surface area contributed by atoms with E-state index in [1.807, 2.05) is 60.5 Å². The molecule has 1 fully saturated rings. The number of aromatic nitrogens is 2. The number of anilines is 1. The molecule has 7 heteroatoms. The largest absolute Gasteiger partial charge is 0.497 e. The lowest BCUT2D eigenvalue weighted by Gasteiger charge is -2.26. The summed E-state index contributed by atoms with van der Waals surface area (Å²) >= 11 is 0. The molecule has 3 aromatic rings. The van der Waals surface area contributed by atoms with Gasteiger partial charge in [0, 0.05) is 24.8 Å². The number of urea groups is 1. The van der Waals surface area contributed by atoms with Crippen molar-refractivity contribution < 1.29 is 14.3 Å². The molecule has 29 heavy (non-hydrogen) atoms. The van der Waals surface area contributed by atoms with Gasteiger partial charge in [-0.15, -0.1) is 0 Å². The van der Waals surface area contributed by atoms with Crippen LogP contribution < -0.4 is 14.4 Å². The van der Waals surface area contributed by atoms with Crippen LogP contribution in [0.15, 0.2) is 54.9 Å². The lowest BCUT2D eigenvalue weighted by atomic mass is 10.1. The Balaban J connectivity index is 1.58. The smallest absolute Gasteiger partial charge is 0.325 e. The first kappa shape index (κ1) is 18.9. The maximum Gasteiger partial charge on any atom is 0.325 e. The van der Waals surface area contributed by atoms with E-state index >= 15 is 0 Å². The van der Waals surface area contributed by atoms with Gasteiger partial charge in [0.25, 0.3) is 0 Å². The summed E-state index contributed by atoms with van der Waals surface area (Å²) in [6, 6.07) is 13.6. The highest BCUT2D eigenvalue weighted by molar-refractivity contribution is 5.96. The molecule has 1 aliphatic heterocycles. The number of nitrogens with zero attached hydrogens (tertiary/aromatic N) is 3. The van der Waals surface area contributed by atoms with Crippen LogP contribution in [0.4, 0.5) is 10.5 Å². The van der Waals surface area contributed by atoms with Gasteiger partial charge in [-0.3, -0.25) is 10.00 Å². The number of methoxy groups -OCH3 is 2. The highest BCUT2D eigenvalue weighted by Gasteiger charge is 2.34. The van der Waals surface area contributed by atoms with E-state index in [1.165, 1.54) is 0 Å². The van der Waals surface area contributed by atoms with E-state index in [4.69, 9.17) is 9.47 Å². The number of ether oxygens (including phenoxy) is 2. The van der Waals surface area contributed by atoms with Crippen LogP contribution in [0.5, 0.6) is 11.5 Å². The second-order valence-electron chi connectivity index (χ2n) is 6.95. The third-order valence-electron chi connectivity index (χ3n) is 5.39. The van der Waals surface area contributed by atoms with Crippen molar-refractivity contribution in [3.8, 4) is 22.6 Å². The Bertz CT molecular complexity index is 1000. The van der Waals surface area contributed by atoms with Gasteiger partial charge in [0.2, 0.25) is 0 Å². The van der Waals surface area contributed by atoms with Crippen LogP contribution in [0.3, 0.4) is 0 Å². The van der Waals surface area contributed by atoms with Crippen molar-refractivity contribution in [3.05, 3.63) is 60.4 Å². The third-order valence-corrected chi connectivity index (χ3v) is 5.39. The van der Waals surface area contributed by atoms with Crippen LogP contribution >= 0.6 is 0 Å². The van der Waals surface area contributed by atoms with Crippen molar-refractivity contribution in [2.45, 2.75) is 13.0 Å². The lowest BCUT2D eigenvalue weighted by molar-refractivity contribution is 0.205. The van der Waals surface area contributed by atoms with Gasteiger partial charge in [-0.2, -0.15) is 5.10 Å². The van der Waals surface area contributed by atoms with Gasteiger partial charge >= 0.3 is 6.03 Å². The van der Waals surface area contributed by atoms with Crippen molar-refractivity contribution in [1.29, 1.82) is 0 Å². The van der Waals surface area contributed by atoms with Gasteiger partial charge in [0.1, 0.15) is 11.5 Å². The highest BCUT2D eigenvalue weighted by atomic mass is 16.5. The molecule has 0 spiro atoms. The SMILES string of the molecule is COc1cccc([C@@H](C)N2CCN(c3ccc(-c4cn[nH]c4)cc3OC)C2=O)c1. The molecule has 1 aromatic heterocycles. The standard InChI is InChI=1S/C22H24N4O3/c1-15(16-5-4-6-19(11-16)28-2)25-9-10-26(22(25)27)20-8-7-17(12-21(20)29-3)18-13-23-24-14-18/h4-8,11-15H,9-10H2,1-3H3,(H,23,24)/t15-/m1/s1. The van der Waals surface area contributed by atoms with Crippen LogP contribution in [0.25, 0.3) is 11.1 Å². The topological polar surface area (TPSA) is 70.7 Å². The monoisotopic (exact) mass is 392 g/mol. The quantitative estimate of drug-likeness (QED) is 0.686. The van der Waals surface area contributed by atoms with Crippen molar-refractivity contribution in [3.63, 3.8) is 0 Å². The second-order valence-corrected chi connectivity index (χ2v) is 6.95. The number of nitrogens with one attached hydrogen (secondary N) is 1. The summed E-state index contributed by atoms with van der Waals surface area (Å²) in [5.74, 6) is 1.45. The minimum absolute atomic E-state index is 0.0327. The number of carbonyl (C=O) groups is 1. The Hall–Kier alpha value is -3.48. The minimum Gasteiger partial charge on any atom is -0.497 e. The number of amides is 2. The fourth-order valence-electron chi connectivity index (χ4n) is 3.71. The number of benzene rings is 2. The van der Waals surface area contributed by atoms with E-state index in [0.717, 1.165) is 28.1 Å². The molecule has 2 amide bonds. The predicted octanol–water partition coefficient (Wildman–Crippen LogP) is 4.10. The molecule has 0 bridgehead atoms. The maximum atomic E-state index is 13.2. The predicted molar refractivity (Wildman–Crippen MR) is 111 cm³/mol. The Morgan fingerprint density at radius 2 is 1.93 bits per heavy atom. The normalized spacial score (nSPS) is 14.9. The van der Waals surface area contributed by atoms with Crippen LogP contribution in [-0.2, 0) is 0 Å². The molecule has 2 aromatic carbocycles. The molecule has 1 atom stereocenters. The maximum absolute atomic E-state index is 13.2. The number of rotatable bonds is 6. The molecular formula is C22H24N4O3.